The molecule has 0 radical (unpaired) electrons. The molecule has 1 fully saturated rings. The lowest BCUT2D eigenvalue weighted by molar-refractivity contribution is -0.139. The molecule has 0 unspecified atom stereocenters. The van der Waals surface area contributed by atoms with Crippen molar-refractivity contribution in [1.29, 1.82) is 0 Å². The maximum atomic E-state index is 11.1. The van der Waals surface area contributed by atoms with E-state index in [9.17, 15) is 4.79 Å². The Morgan fingerprint density at radius 3 is 2.56 bits per heavy atom. The minimum atomic E-state index is -0.215. The number of hydrogen-bond donors (Lipinski definition) is 0. The average molecular weight is 266 g/mol. The van der Waals surface area contributed by atoms with Gasteiger partial charge in [-0.25, -0.2) is 0 Å². The van der Waals surface area contributed by atoms with Gasteiger partial charge in [-0.3, -0.25) is 4.79 Å². The molecule has 1 aromatic rings. The number of hydrogen-bond acceptors (Lipinski definition) is 4. The summed E-state index contributed by atoms with van der Waals surface area (Å²) in [6, 6.07) is 7.70. The van der Waals surface area contributed by atoms with Gasteiger partial charge >= 0.3 is 5.97 Å². The van der Waals surface area contributed by atoms with Crippen LogP contribution in [0, 0.1) is 0 Å². The van der Waals surface area contributed by atoms with E-state index in [1.165, 1.54) is 18.6 Å². The van der Waals surface area contributed by atoms with Crippen LogP contribution in [0.25, 0.3) is 0 Å². The summed E-state index contributed by atoms with van der Waals surface area (Å²) in [5.41, 5.74) is 0.952. The summed E-state index contributed by atoms with van der Waals surface area (Å²) in [6.45, 7) is 0. The molecular weight excluding hydrogens is 248 g/mol. The van der Waals surface area contributed by atoms with E-state index in [2.05, 4.69) is 4.74 Å². The van der Waals surface area contributed by atoms with Gasteiger partial charge in [0.25, 0.3) is 0 Å². The zero-order chi connectivity index (χ0) is 12.8. The second kappa shape index (κ2) is 6.69. The smallest absolute Gasteiger partial charge is 0.309 e. The van der Waals surface area contributed by atoms with E-state index in [1.807, 2.05) is 36.0 Å². The lowest BCUT2D eigenvalue weighted by Crippen LogP contribution is -2.22. The quantitative estimate of drug-likeness (QED) is 0.785. The fraction of sp³-hybridized carbons (Fsp3) is 0.500. The van der Waals surface area contributed by atoms with Crippen LogP contribution in [0.1, 0.15) is 18.4 Å². The minimum absolute atomic E-state index is 0.215. The summed E-state index contributed by atoms with van der Waals surface area (Å²) >= 11 is 1.99. The summed E-state index contributed by atoms with van der Waals surface area (Å²) in [4.78, 5) is 11.1. The predicted molar refractivity (Wildman–Crippen MR) is 73.1 cm³/mol. The van der Waals surface area contributed by atoms with E-state index < -0.39 is 0 Å². The number of esters is 1. The van der Waals surface area contributed by atoms with Crippen molar-refractivity contribution in [3.05, 3.63) is 29.8 Å². The summed E-state index contributed by atoms with van der Waals surface area (Å²) in [6.07, 6.45) is 2.90. The van der Waals surface area contributed by atoms with Gasteiger partial charge in [-0.15, -0.1) is 0 Å². The van der Waals surface area contributed by atoms with Crippen molar-refractivity contribution >= 4 is 17.7 Å². The first-order valence-electron chi connectivity index (χ1n) is 6.18. The predicted octanol–water partition coefficient (Wildman–Crippen LogP) is 2.68. The topological polar surface area (TPSA) is 35.5 Å². The molecule has 0 N–H and O–H groups in total. The van der Waals surface area contributed by atoms with Crippen LogP contribution in [0.3, 0.4) is 0 Å². The van der Waals surface area contributed by atoms with Crippen LogP contribution < -0.4 is 4.74 Å². The number of thioether (sulfide) groups is 1. The highest BCUT2D eigenvalue weighted by Crippen LogP contribution is 2.23. The van der Waals surface area contributed by atoms with Crippen LogP contribution >= 0.6 is 11.8 Å². The summed E-state index contributed by atoms with van der Waals surface area (Å²) in [5.74, 6) is 3.05. The first-order valence-corrected chi connectivity index (χ1v) is 7.33. The third-order valence-corrected chi connectivity index (χ3v) is 4.02. The zero-order valence-corrected chi connectivity index (χ0v) is 11.4. The van der Waals surface area contributed by atoms with Crippen molar-refractivity contribution in [2.45, 2.75) is 25.4 Å². The molecule has 18 heavy (non-hydrogen) atoms. The van der Waals surface area contributed by atoms with E-state index in [-0.39, 0.29) is 5.97 Å². The standard InChI is InChI=1S/C14H18O3S/c1-16-14(15)10-11-2-4-12(5-3-11)17-13-6-8-18-9-7-13/h2-5,13H,6-10H2,1H3. The monoisotopic (exact) mass is 266 g/mol. The fourth-order valence-corrected chi connectivity index (χ4v) is 2.97. The number of carbonyl (C=O) groups excluding carboxylic acids is 1. The van der Waals surface area contributed by atoms with E-state index in [1.54, 1.807) is 0 Å². The van der Waals surface area contributed by atoms with E-state index in [0.29, 0.717) is 12.5 Å². The zero-order valence-electron chi connectivity index (χ0n) is 10.6. The highest BCUT2D eigenvalue weighted by atomic mass is 32.2. The molecule has 0 bridgehead atoms. The van der Waals surface area contributed by atoms with Crippen molar-refractivity contribution in [3.8, 4) is 5.75 Å². The van der Waals surface area contributed by atoms with Crippen molar-refractivity contribution in [1.82, 2.24) is 0 Å². The number of ether oxygens (including phenoxy) is 2. The molecule has 0 aliphatic carbocycles. The molecule has 0 saturated carbocycles. The molecule has 0 atom stereocenters. The Bertz CT molecular complexity index is 383. The normalized spacial score (nSPS) is 16.3. The largest absolute Gasteiger partial charge is 0.490 e. The Hall–Kier alpha value is -1.16. The second-order valence-electron chi connectivity index (χ2n) is 4.33. The molecule has 0 amide bonds. The van der Waals surface area contributed by atoms with Crippen molar-refractivity contribution < 1.29 is 14.3 Å². The number of benzene rings is 1. The minimum Gasteiger partial charge on any atom is -0.490 e. The van der Waals surface area contributed by atoms with Crippen LogP contribution in [0.4, 0.5) is 0 Å². The molecule has 1 saturated heterocycles. The second-order valence-corrected chi connectivity index (χ2v) is 5.55. The lowest BCUT2D eigenvalue weighted by atomic mass is 10.1. The van der Waals surface area contributed by atoms with Gasteiger partial charge in [-0.05, 0) is 42.0 Å². The summed E-state index contributed by atoms with van der Waals surface area (Å²) < 4.78 is 10.5. The molecule has 0 aromatic heterocycles. The van der Waals surface area contributed by atoms with Crippen molar-refractivity contribution in [3.63, 3.8) is 0 Å². The Balaban J connectivity index is 1.88. The molecule has 0 spiro atoms. The van der Waals surface area contributed by atoms with Crippen LogP contribution in [0.15, 0.2) is 24.3 Å². The molecule has 2 rings (SSSR count). The van der Waals surface area contributed by atoms with Crippen LogP contribution in [0.5, 0.6) is 5.75 Å². The Labute approximate surface area is 112 Å². The third kappa shape index (κ3) is 3.95. The fourth-order valence-electron chi connectivity index (χ4n) is 1.91. The molecule has 98 valence electrons. The van der Waals surface area contributed by atoms with Crippen LogP contribution in [0.2, 0.25) is 0 Å². The van der Waals surface area contributed by atoms with Crippen LogP contribution in [-0.2, 0) is 16.0 Å². The van der Waals surface area contributed by atoms with Gasteiger partial charge < -0.3 is 9.47 Å². The van der Waals surface area contributed by atoms with E-state index in [0.717, 1.165) is 24.2 Å². The number of carbonyl (C=O) groups is 1. The van der Waals surface area contributed by atoms with Gasteiger partial charge in [0.05, 0.1) is 13.5 Å². The molecule has 1 aliphatic heterocycles. The summed E-state index contributed by atoms with van der Waals surface area (Å²) in [5, 5.41) is 0. The van der Waals surface area contributed by atoms with Gasteiger partial charge in [0.2, 0.25) is 0 Å². The maximum Gasteiger partial charge on any atom is 0.309 e. The van der Waals surface area contributed by atoms with Gasteiger partial charge in [0.15, 0.2) is 0 Å². The van der Waals surface area contributed by atoms with Gasteiger partial charge in [-0.1, -0.05) is 12.1 Å². The first-order chi connectivity index (χ1) is 8.78. The van der Waals surface area contributed by atoms with Gasteiger partial charge in [-0.2, -0.15) is 11.8 Å². The lowest BCUT2D eigenvalue weighted by Gasteiger charge is -2.22. The van der Waals surface area contributed by atoms with E-state index in [4.69, 9.17) is 4.74 Å². The Morgan fingerprint density at radius 2 is 1.94 bits per heavy atom. The third-order valence-electron chi connectivity index (χ3n) is 2.97. The molecule has 1 aromatic carbocycles. The summed E-state index contributed by atoms with van der Waals surface area (Å²) in [7, 11) is 1.40. The molecule has 1 heterocycles. The highest BCUT2D eigenvalue weighted by molar-refractivity contribution is 7.99. The van der Waals surface area contributed by atoms with Gasteiger partial charge in [0.1, 0.15) is 11.9 Å². The average Bonchev–Trinajstić information content (AvgIpc) is 2.42. The van der Waals surface area contributed by atoms with Crippen molar-refractivity contribution in [2.75, 3.05) is 18.6 Å². The first kappa shape index (κ1) is 13.3. The SMILES string of the molecule is COC(=O)Cc1ccc(OC2CCSCC2)cc1. The molecular formula is C14H18O3S. The Morgan fingerprint density at radius 1 is 1.28 bits per heavy atom. The maximum absolute atomic E-state index is 11.1. The molecule has 4 heteroatoms. The number of rotatable bonds is 4. The molecule has 1 aliphatic rings. The van der Waals surface area contributed by atoms with E-state index >= 15 is 0 Å². The Kier molecular flexibility index (Phi) is 4.93. The highest BCUT2D eigenvalue weighted by Gasteiger charge is 2.15. The molecule has 3 nitrogen and oxygen atoms in total. The van der Waals surface area contributed by atoms with Gasteiger partial charge in [0, 0.05) is 0 Å². The van der Waals surface area contributed by atoms with Crippen LogP contribution in [-0.4, -0.2) is 30.7 Å². The number of methoxy groups -OCH3 is 1. The van der Waals surface area contributed by atoms with Crippen molar-refractivity contribution in [2.24, 2.45) is 0 Å².